The van der Waals surface area contributed by atoms with Crippen LogP contribution in [0.5, 0.6) is 0 Å². The summed E-state index contributed by atoms with van der Waals surface area (Å²) >= 11 is 0. The summed E-state index contributed by atoms with van der Waals surface area (Å²) in [5, 5.41) is 0. The number of carbonyl (C=O) groups excluding carboxylic acids is 3. The smallest absolute Gasteiger partial charge is 0.306 e. The van der Waals surface area contributed by atoms with E-state index in [4.69, 9.17) is 14.2 Å². The largest absolute Gasteiger partial charge is 0.462 e. The van der Waals surface area contributed by atoms with Crippen LogP contribution in [0.2, 0.25) is 0 Å². The lowest BCUT2D eigenvalue weighted by Crippen LogP contribution is -2.30. The predicted molar refractivity (Wildman–Crippen MR) is 260 cm³/mol. The summed E-state index contributed by atoms with van der Waals surface area (Å²) in [5.41, 5.74) is 0. The SMILES string of the molecule is CC/C=C\C/C=C\C/C=C\C/C=C\C/C=C\C/C=C\CCC(=O)OCC(COC(=O)CCCCCCC)OC(=O)CCCCCCCCCCC/C=C\C/C=C\CCCCC. The van der Waals surface area contributed by atoms with Gasteiger partial charge >= 0.3 is 17.9 Å². The van der Waals surface area contributed by atoms with Gasteiger partial charge in [0.15, 0.2) is 6.10 Å². The van der Waals surface area contributed by atoms with Gasteiger partial charge in [-0.2, -0.15) is 0 Å². The second-order valence-corrected chi connectivity index (χ2v) is 16.0. The Bertz CT molecular complexity index is 1250. The number of ether oxygens (including phenoxy) is 3. The first kappa shape index (κ1) is 57.3. The molecule has 6 nitrogen and oxygen atoms in total. The summed E-state index contributed by atoms with van der Waals surface area (Å²) in [6.45, 7) is 6.33. The first-order valence-corrected chi connectivity index (χ1v) is 24.7. The summed E-state index contributed by atoms with van der Waals surface area (Å²) in [6.07, 6.45) is 64.4. The van der Waals surface area contributed by atoms with E-state index in [1.165, 1.54) is 70.6 Å². The van der Waals surface area contributed by atoms with Gasteiger partial charge in [-0.1, -0.05) is 201 Å². The molecule has 0 spiro atoms. The molecule has 0 radical (unpaired) electrons. The predicted octanol–water partition coefficient (Wildman–Crippen LogP) is 16.2. The average Bonchev–Trinajstić information content (AvgIpc) is 3.26. The van der Waals surface area contributed by atoms with Gasteiger partial charge in [0.25, 0.3) is 0 Å². The maximum Gasteiger partial charge on any atom is 0.306 e. The lowest BCUT2D eigenvalue weighted by Gasteiger charge is -2.18. The summed E-state index contributed by atoms with van der Waals surface area (Å²) in [6, 6.07) is 0. The van der Waals surface area contributed by atoms with Gasteiger partial charge in [-0.3, -0.25) is 14.4 Å². The van der Waals surface area contributed by atoms with Crippen LogP contribution in [-0.2, 0) is 28.6 Å². The second-order valence-electron chi connectivity index (χ2n) is 16.0. The maximum atomic E-state index is 12.7. The molecule has 0 aromatic carbocycles. The first-order valence-electron chi connectivity index (χ1n) is 24.7. The van der Waals surface area contributed by atoms with Gasteiger partial charge in [0, 0.05) is 19.3 Å². The van der Waals surface area contributed by atoms with E-state index in [1.807, 2.05) is 12.2 Å². The molecule has 1 unspecified atom stereocenters. The summed E-state index contributed by atoms with van der Waals surface area (Å²) in [5.74, 6) is -1.02. The van der Waals surface area contributed by atoms with Crippen molar-refractivity contribution >= 4 is 17.9 Å². The molecular formula is C55H90O6. The highest BCUT2D eigenvalue weighted by Crippen LogP contribution is 2.13. The van der Waals surface area contributed by atoms with Crippen LogP contribution in [0, 0.1) is 0 Å². The van der Waals surface area contributed by atoms with Gasteiger partial charge in [-0.25, -0.2) is 0 Å². The van der Waals surface area contributed by atoms with Crippen LogP contribution in [-0.4, -0.2) is 37.2 Å². The number of unbranched alkanes of at least 4 members (excludes halogenated alkanes) is 16. The van der Waals surface area contributed by atoms with E-state index in [9.17, 15) is 14.4 Å². The number of rotatable bonds is 43. The highest BCUT2D eigenvalue weighted by Gasteiger charge is 2.19. The van der Waals surface area contributed by atoms with Crippen LogP contribution in [0.25, 0.3) is 0 Å². The van der Waals surface area contributed by atoms with Gasteiger partial charge in [-0.05, 0) is 89.9 Å². The quantitative estimate of drug-likeness (QED) is 0.0263. The molecule has 0 saturated heterocycles. The Morgan fingerprint density at radius 2 is 0.672 bits per heavy atom. The molecule has 346 valence electrons. The average molecular weight is 847 g/mol. The van der Waals surface area contributed by atoms with E-state index in [1.54, 1.807) is 0 Å². The molecule has 0 rings (SSSR count). The van der Waals surface area contributed by atoms with Crippen molar-refractivity contribution in [3.8, 4) is 0 Å². The molecule has 61 heavy (non-hydrogen) atoms. The molecule has 0 aliphatic heterocycles. The minimum absolute atomic E-state index is 0.104. The van der Waals surface area contributed by atoms with Crippen LogP contribution in [0.15, 0.2) is 97.2 Å². The molecule has 0 aromatic rings. The fourth-order valence-corrected chi connectivity index (χ4v) is 6.38. The summed E-state index contributed by atoms with van der Waals surface area (Å²) in [4.78, 5) is 37.6. The monoisotopic (exact) mass is 847 g/mol. The Balaban J connectivity index is 4.32. The first-order chi connectivity index (χ1) is 30.0. The van der Waals surface area contributed by atoms with Gasteiger partial charge in [0.2, 0.25) is 0 Å². The standard InChI is InChI=1S/C55H90O6/c1-4-7-10-13-15-17-19-21-23-25-27-29-31-33-35-37-39-42-45-48-54(57)60-51-52(50-59-53(56)47-44-41-12-9-6-3)61-55(58)49-46-43-40-38-36-34-32-30-28-26-24-22-20-18-16-14-11-8-5-2/h7,10,15-18,21-24,27,29,33,35,39,42,52H,4-6,8-9,11-14,19-20,25-26,28,30-32,34,36-38,40-41,43-51H2,1-3H3/b10-7-,17-15-,18-16-,23-21-,24-22-,29-27-,35-33-,42-39-. The fraction of sp³-hybridized carbons (Fsp3) is 0.655. The Morgan fingerprint density at radius 3 is 1.13 bits per heavy atom. The van der Waals surface area contributed by atoms with E-state index < -0.39 is 6.10 Å². The lowest BCUT2D eigenvalue weighted by atomic mass is 10.1. The van der Waals surface area contributed by atoms with E-state index in [2.05, 4.69) is 106 Å². The number of esters is 3. The maximum absolute atomic E-state index is 12.7. The molecule has 1 atom stereocenters. The van der Waals surface area contributed by atoms with Crippen molar-refractivity contribution in [1.82, 2.24) is 0 Å². The third kappa shape index (κ3) is 47.2. The van der Waals surface area contributed by atoms with Crippen LogP contribution in [0.1, 0.15) is 213 Å². The third-order valence-corrected chi connectivity index (χ3v) is 10.1. The van der Waals surface area contributed by atoms with E-state index >= 15 is 0 Å². The minimum Gasteiger partial charge on any atom is -0.462 e. The Labute approximate surface area is 375 Å². The molecule has 0 bridgehead atoms. The lowest BCUT2D eigenvalue weighted by molar-refractivity contribution is -0.166. The van der Waals surface area contributed by atoms with E-state index in [0.717, 1.165) is 96.3 Å². The van der Waals surface area contributed by atoms with Crippen molar-refractivity contribution < 1.29 is 28.6 Å². The topological polar surface area (TPSA) is 78.9 Å². The Morgan fingerprint density at radius 1 is 0.344 bits per heavy atom. The molecule has 0 fully saturated rings. The molecule has 0 aliphatic carbocycles. The van der Waals surface area contributed by atoms with Gasteiger partial charge in [0.1, 0.15) is 13.2 Å². The molecular weight excluding hydrogens is 757 g/mol. The van der Waals surface area contributed by atoms with E-state index in [-0.39, 0.29) is 37.5 Å². The summed E-state index contributed by atoms with van der Waals surface area (Å²) < 4.78 is 16.6. The van der Waals surface area contributed by atoms with Gasteiger partial charge in [-0.15, -0.1) is 0 Å². The van der Waals surface area contributed by atoms with Crippen molar-refractivity contribution in [3.63, 3.8) is 0 Å². The number of allylic oxidation sites excluding steroid dienone is 16. The Hall–Kier alpha value is -3.67. The molecule has 0 heterocycles. The summed E-state index contributed by atoms with van der Waals surface area (Å²) in [7, 11) is 0. The Kier molecular flexibility index (Phi) is 46.0. The zero-order valence-corrected chi connectivity index (χ0v) is 39.4. The normalized spacial score (nSPS) is 12.9. The number of hydrogen-bond donors (Lipinski definition) is 0. The van der Waals surface area contributed by atoms with Gasteiger partial charge in [0.05, 0.1) is 0 Å². The minimum atomic E-state index is -0.806. The number of hydrogen-bond acceptors (Lipinski definition) is 6. The van der Waals surface area contributed by atoms with E-state index in [0.29, 0.717) is 19.3 Å². The van der Waals surface area contributed by atoms with Crippen LogP contribution in [0.3, 0.4) is 0 Å². The van der Waals surface area contributed by atoms with Crippen molar-refractivity contribution in [2.45, 2.75) is 219 Å². The van der Waals surface area contributed by atoms with Crippen molar-refractivity contribution in [1.29, 1.82) is 0 Å². The zero-order chi connectivity index (χ0) is 44.4. The van der Waals surface area contributed by atoms with Crippen molar-refractivity contribution in [2.75, 3.05) is 13.2 Å². The molecule has 0 N–H and O–H groups in total. The van der Waals surface area contributed by atoms with Crippen LogP contribution in [0.4, 0.5) is 0 Å². The highest BCUT2D eigenvalue weighted by molar-refractivity contribution is 5.71. The molecule has 0 saturated carbocycles. The van der Waals surface area contributed by atoms with Crippen LogP contribution >= 0.6 is 0 Å². The zero-order valence-electron chi connectivity index (χ0n) is 39.4. The molecule has 6 heteroatoms. The second kappa shape index (κ2) is 49.0. The van der Waals surface area contributed by atoms with Gasteiger partial charge < -0.3 is 14.2 Å². The van der Waals surface area contributed by atoms with Crippen molar-refractivity contribution in [2.24, 2.45) is 0 Å². The fourth-order valence-electron chi connectivity index (χ4n) is 6.38. The number of carbonyl (C=O) groups is 3. The third-order valence-electron chi connectivity index (χ3n) is 10.1. The van der Waals surface area contributed by atoms with Crippen molar-refractivity contribution in [3.05, 3.63) is 97.2 Å². The molecule has 0 aliphatic rings. The molecule has 0 aromatic heterocycles. The highest BCUT2D eigenvalue weighted by atomic mass is 16.6. The molecule has 0 amide bonds. The van der Waals surface area contributed by atoms with Crippen LogP contribution < -0.4 is 0 Å².